The van der Waals surface area contributed by atoms with Crippen LogP contribution in [0.2, 0.25) is 5.02 Å². The zero-order valence-electron chi connectivity index (χ0n) is 11.9. The van der Waals surface area contributed by atoms with E-state index in [9.17, 15) is 0 Å². The predicted octanol–water partition coefficient (Wildman–Crippen LogP) is 3.89. The van der Waals surface area contributed by atoms with Crippen molar-refractivity contribution in [1.82, 2.24) is 5.32 Å². The summed E-state index contributed by atoms with van der Waals surface area (Å²) in [5.74, 6) is 1.26. The van der Waals surface area contributed by atoms with Crippen LogP contribution in [-0.2, 0) is 6.42 Å². The predicted molar refractivity (Wildman–Crippen MR) is 84.8 cm³/mol. The quantitative estimate of drug-likeness (QED) is 0.871. The number of benzene rings is 2. The van der Waals surface area contributed by atoms with Gasteiger partial charge in [0, 0.05) is 17.5 Å². The van der Waals surface area contributed by atoms with Crippen molar-refractivity contribution in [2.45, 2.75) is 12.3 Å². The summed E-state index contributed by atoms with van der Waals surface area (Å²) in [5.41, 5.74) is 2.38. The van der Waals surface area contributed by atoms with E-state index in [1.807, 2.05) is 43.4 Å². The maximum atomic E-state index is 6.34. The van der Waals surface area contributed by atoms with Crippen molar-refractivity contribution >= 4 is 11.6 Å². The first-order valence-electron chi connectivity index (χ1n) is 6.77. The van der Waals surface area contributed by atoms with Gasteiger partial charge in [0.1, 0.15) is 5.75 Å². The fraction of sp³-hybridized carbons (Fsp3) is 0.294. The molecule has 106 valence electrons. The molecule has 3 heteroatoms. The van der Waals surface area contributed by atoms with Gasteiger partial charge in [-0.15, -0.1) is 0 Å². The number of nitrogens with one attached hydrogen (secondary N) is 1. The highest BCUT2D eigenvalue weighted by Gasteiger charge is 2.16. The van der Waals surface area contributed by atoms with E-state index >= 15 is 0 Å². The van der Waals surface area contributed by atoms with Crippen LogP contribution >= 0.6 is 11.6 Å². The van der Waals surface area contributed by atoms with Crippen LogP contribution in [0.3, 0.4) is 0 Å². The molecule has 0 radical (unpaired) electrons. The minimum atomic E-state index is 0.324. The van der Waals surface area contributed by atoms with Crippen molar-refractivity contribution in [3.8, 4) is 5.75 Å². The van der Waals surface area contributed by atoms with Gasteiger partial charge < -0.3 is 10.1 Å². The largest absolute Gasteiger partial charge is 0.496 e. The van der Waals surface area contributed by atoms with Crippen molar-refractivity contribution in [2.24, 2.45) is 0 Å². The van der Waals surface area contributed by atoms with Crippen LogP contribution in [0.1, 0.15) is 17.0 Å². The zero-order valence-corrected chi connectivity index (χ0v) is 12.7. The summed E-state index contributed by atoms with van der Waals surface area (Å²) < 4.78 is 5.44. The summed E-state index contributed by atoms with van der Waals surface area (Å²) in [6.45, 7) is 0.877. The minimum absolute atomic E-state index is 0.324. The molecule has 0 fully saturated rings. The van der Waals surface area contributed by atoms with Crippen LogP contribution in [0.25, 0.3) is 0 Å². The Bertz CT molecular complexity index is 556. The van der Waals surface area contributed by atoms with Gasteiger partial charge >= 0.3 is 0 Å². The summed E-state index contributed by atoms with van der Waals surface area (Å²) in [6.07, 6.45) is 0.897. The zero-order chi connectivity index (χ0) is 14.4. The van der Waals surface area contributed by atoms with Crippen molar-refractivity contribution < 1.29 is 4.74 Å². The highest BCUT2D eigenvalue weighted by Crippen LogP contribution is 2.30. The summed E-state index contributed by atoms with van der Waals surface area (Å²) >= 11 is 6.34. The van der Waals surface area contributed by atoms with Crippen LogP contribution in [0, 0.1) is 0 Å². The first-order chi connectivity index (χ1) is 9.76. The molecule has 0 aliphatic rings. The fourth-order valence-electron chi connectivity index (χ4n) is 2.48. The molecule has 1 atom stereocenters. The number of hydrogen-bond donors (Lipinski definition) is 1. The Kier molecular flexibility index (Phi) is 5.45. The summed E-state index contributed by atoms with van der Waals surface area (Å²) in [6, 6.07) is 16.2. The molecule has 0 aliphatic heterocycles. The Labute approximate surface area is 125 Å². The van der Waals surface area contributed by atoms with E-state index in [0.29, 0.717) is 5.92 Å². The molecule has 2 rings (SSSR count). The number of hydrogen-bond acceptors (Lipinski definition) is 2. The van der Waals surface area contributed by atoms with Crippen molar-refractivity contribution in [3.63, 3.8) is 0 Å². The van der Waals surface area contributed by atoms with E-state index in [2.05, 4.69) is 17.4 Å². The fourth-order valence-corrected chi connectivity index (χ4v) is 2.77. The number of methoxy groups -OCH3 is 1. The van der Waals surface area contributed by atoms with Gasteiger partial charge in [0.25, 0.3) is 0 Å². The Hall–Kier alpha value is -1.51. The van der Waals surface area contributed by atoms with Crippen LogP contribution in [0.5, 0.6) is 5.75 Å². The van der Waals surface area contributed by atoms with E-state index in [-0.39, 0.29) is 0 Å². The molecule has 0 amide bonds. The number of ether oxygens (including phenoxy) is 1. The molecule has 0 aromatic heterocycles. The molecule has 1 N–H and O–H groups in total. The van der Waals surface area contributed by atoms with Gasteiger partial charge in [-0.1, -0.05) is 48.0 Å². The second-order valence-corrected chi connectivity index (χ2v) is 5.20. The first-order valence-corrected chi connectivity index (χ1v) is 7.15. The Morgan fingerprint density at radius 1 is 1.10 bits per heavy atom. The summed E-state index contributed by atoms with van der Waals surface area (Å²) in [7, 11) is 3.67. The van der Waals surface area contributed by atoms with Gasteiger partial charge in [-0.2, -0.15) is 0 Å². The second-order valence-electron chi connectivity index (χ2n) is 4.79. The maximum absolute atomic E-state index is 6.34. The lowest BCUT2D eigenvalue weighted by atomic mass is 9.91. The van der Waals surface area contributed by atoms with E-state index in [0.717, 1.165) is 23.7 Å². The Morgan fingerprint density at radius 3 is 2.50 bits per heavy atom. The van der Waals surface area contributed by atoms with E-state index in [1.165, 1.54) is 11.1 Å². The van der Waals surface area contributed by atoms with Crippen LogP contribution < -0.4 is 10.1 Å². The molecule has 2 aromatic rings. The number of rotatable bonds is 6. The monoisotopic (exact) mass is 289 g/mol. The molecule has 0 saturated carbocycles. The molecular formula is C17H20ClNO. The Balaban J connectivity index is 2.28. The maximum Gasteiger partial charge on any atom is 0.122 e. The highest BCUT2D eigenvalue weighted by molar-refractivity contribution is 6.31. The lowest BCUT2D eigenvalue weighted by Gasteiger charge is -2.19. The molecule has 2 aromatic carbocycles. The molecule has 0 spiro atoms. The molecule has 1 unspecified atom stereocenters. The lowest BCUT2D eigenvalue weighted by Crippen LogP contribution is -2.19. The standard InChI is InChI=1S/C17H20ClNO/c1-19-12-14(15-8-4-5-9-16(15)18)11-13-7-3-6-10-17(13)20-2/h3-10,14,19H,11-12H2,1-2H3. The third-order valence-corrected chi connectivity index (χ3v) is 3.80. The smallest absolute Gasteiger partial charge is 0.122 e. The highest BCUT2D eigenvalue weighted by atomic mass is 35.5. The van der Waals surface area contributed by atoms with Crippen molar-refractivity contribution in [1.29, 1.82) is 0 Å². The Morgan fingerprint density at radius 2 is 1.80 bits per heavy atom. The van der Waals surface area contributed by atoms with Crippen molar-refractivity contribution in [3.05, 3.63) is 64.7 Å². The average Bonchev–Trinajstić information content (AvgIpc) is 2.48. The number of halogens is 1. The molecule has 2 nitrogen and oxygen atoms in total. The van der Waals surface area contributed by atoms with Gasteiger partial charge in [-0.05, 0) is 36.7 Å². The van der Waals surface area contributed by atoms with Gasteiger partial charge in [0.15, 0.2) is 0 Å². The number of para-hydroxylation sites is 1. The average molecular weight is 290 g/mol. The molecule has 0 heterocycles. The summed E-state index contributed by atoms with van der Waals surface area (Å²) in [4.78, 5) is 0. The molecule has 20 heavy (non-hydrogen) atoms. The summed E-state index contributed by atoms with van der Waals surface area (Å²) in [5, 5.41) is 4.07. The van der Waals surface area contributed by atoms with Gasteiger partial charge in [-0.25, -0.2) is 0 Å². The van der Waals surface area contributed by atoms with Gasteiger partial charge in [0.2, 0.25) is 0 Å². The molecular weight excluding hydrogens is 270 g/mol. The third kappa shape index (κ3) is 3.53. The van der Waals surface area contributed by atoms with Crippen LogP contribution in [0.15, 0.2) is 48.5 Å². The lowest BCUT2D eigenvalue weighted by molar-refractivity contribution is 0.407. The first kappa shape index (κ1) is 14.9. The molecule has 0 aliphatic carbocycles. The third-order valence-electron chi connectivity index (χ3n) is 3.45. The second kappa shape index (κ2) is 7.32. The molecule has 0 bridgehead atoms. The van der Waals surface area contributed by atoms with E-state index in [4.69, 9.17) is 16.3 Å². The minimum Gasteiger partial charge on any atom is -0.496 e. The van der Waals surface area contributed by atoms with Crippen LogP contribution in [-0.4, -0.2) is 20.7 Å². The number of likely N-dealkylation sites (N-methyl/N-ethyl adjacent to an activating group) is 1. The van der Waals surface area contributed by atoms with E-state index < -0.39 is 0 Å². The van der Waals surface area contributed by atoms with E-state index in [1.54, 1.807) is 7.11 Å². The van der Waals surface area contributed by atoms with Crippen LogP contribution in [0.4, 0.5) is 0 Å². The van der Waals surface area contributed by atoms with Gasteiger partial charge in [-0.3, -0.25) is 0 Å². The SMILES string of the molecule is CNCC(Cc1ccccc1OC)c1ccccc1Cl. The topological polar surface area (TPSA) is 21.3 Å². The molecule has 0 saturated heterocycles. The van der Waals surface area contributed by atoms with Gasteiger partial charge in [0.05, 0.1) is 7.11 Å². The normalized spacial score (nSPS) is 12.2. The van der Waals surface area contributed by atoms with Crippen molar-refractivity contribution in [2.75, 3.05) is 20.7 Å².